The Bertz CT molecular complexity index is 964. The lowest BCUT2D eigenvalue weighted by Crippen LogP contribution is -2.57. The van der Waals surface area contributed by atoms with Crippen molar-refractivity contribution in [3.05, 3.63) is 10.6 Å². The smallest absolute Gasteiger partial charge is 0.231 e. The second kappa shape index (κ2) is 9.42. The summed E-state index contributed by atoms with van der Waals surface area (Å²) in [6, 6.07) is 0. The molecule has 8 heteroatoms. The average Bonchev–Trinajstić information content (AvgIpc) is 3.19. The van der Waals surface area contributed by atoms with Crippen LogP contribution in [0.25, 0.3) is 0 Å². The summed E-state index contributed by atoms with van der Waals surface area (Å²) in [5.74, 6) is 0.637. The summed E-state index contributed by atoms with van der Waals surface area (Å²) in [7, 11) is 0. The fourth-order valence-electron chi connectivity index (χ4n) is 6.55. The molecule has 1 saturated carbocycles. The summed E-state index contributed by atoms with van der Waals surface area (Å²) in [5, 5.41) is 24.9. The fourth-order valence-corrected chi connectivity index (χ4v) is 7.61. The van der Waals surface area contributed by atoms with E-state index in [1.165, 1.54) is 11.3 Å². The van der Waals surface area contributed by atoms with Gasteiger partial charge in [0.05, 0.1) is 18.4 Å². The molecule has 4 rings (SSSR count). The number of fused-ring (bicyclic) bond motifs is 2. The Morgan fingerprint density at radius 2 is 1.86 bits per heavy atom. The summed E-state index contributed by atoms with van der Waals surface area (Å²) in [6.45, 7) is 13.6. The number of anilines is 1. The quantitative estimate of drug-likeness (QED) is 0.569. The molecule has 0 aromatic carbocycles. The number of carbonyl (C=O) groups excluding carboxylic acids is 2. The molecule has 0 spiro atoms. The standard InChI is InChI=1S/C27H43N3O4S/c1-16-8-11-30(12-9-16)21(33)13-17-22-18(35-24(28-22)29-23(34)25(2,3)4)14-19-26(17,5)10-7-20(32)27(19,6)15-31/h16-17,19-20,31-32H,7-15H2,1-6H3,(H,28,29,34)/t17-,19+,20+,26-,27-/m0/s1. The minimum atomic E-state index is -0.647. The Morgan fingerprint density at radius 1 is 1.20 bits per heavy atom. The number of aromatic nitrogens is 1. The van der Waals surface area contributed by atoms with Gasteiger partial charge < -0.3 is 20.4 Å². The summed E-state index contributed by atoms with van der Waals surface area (Å²) in [6.07, 6.45) is 3.94. The van der Waals surface area contributed by atoms with Gasteiger partial charge in [0.1, 0.15) is 0 Å². The highest BCUT2D eigenvalue weighted by molar-refractivity contribution is 7.15. The van der Waals surface area contributed by atoms with E-state index in [-0.39, 0.29) is 35.7 Å². The van der Waals surface area contributed by atoms with E-state index in [1.54, 1.807) is 0 Å². The van der Waals surface area contributed by atoms with Crippen molar-refractivity contribution in [3.63, 3.8) is 0 Å². The number of nitrogens with zero attached hydrogens (tertiary/aromatic N) is 2. The minimum Gasteiger partial charge on any atom is -0.396 e. The number of thiazole rings is 1. The van der Waals surface area contributed by atoms with E-state index in [9.17, 15) is 19.8 Å². The topological polar surface area (TPSA) is 103 Å². The van der Waals surface area contributed by atoms with Gasteiger partial charge in [-0.25, -0.2) is 4.98 Å². The van der Waals surface area contributed by atoms with Gasteiger partial charge in [0, 0.05) is 41.1 Å². The highest BCUT2D eigenvalue weighted by atomic mass is 32.1. The van der Waals surface area contributed by atoms with Crippen molar-refractivity contribution >= 4 is 28.3 Å². The van der Waals surface area contributed by atoms with Crippen molar-refractivity contribution in [3.8, 4) is 0 Å². The molecular weight excluding hydrogens is 462 g/mol. The van der Waals surface area contributed by atoms with E-state index >= 15 is 0 Å². The maximum Gasteiger partial charge on any atom is 0.231 e. The number of hydrogen-bond donors (Lipinski definition) is 3. The molecule has 0 bridgehead atoms. The lowest BCUT2D eigenvalue weighted by molar-refractivity contribution is -0.147. The van der Waals surface area contributed by atoms with Gasteiger partial charge >= 0.3 is 0 Å². The molecule has 5 atom stereocenters. The van der Waals surface area contributed by atoms with Crippen LogP contribution < -0.4 is 5.32 Å². The van der Waals surface area contributed by atoms with Crippen molar-refractivity contribution in [2.24, 2.45) is 28.1 Å². The lowest BCUT2D eigenvalue weighted by atomic mass is 9.47. The molecule has 1 aliphatic heterocycles. The molecule has 2 amide bonds. The Labute approximate surface area is 213 Å². The monoisotopic (exact) mass is 505 g/mol. The van der Waals surface area contributed by atoms with E-state index in [0.717, 1.165) is 42.9 Å². The van der Waals surface area contributed by atoms with Gasteiger partial charge in [0.15, 0.2) is 5.13 Å². The van der Waals surface area contributed by atoms with Crippen molar-refractivity contribution in [2.75, 3.05) is 25.0 Å². The molecule has 3 N–H and O–H groups in total. The molecular formula is C27H43N3O4S. The summed E-state index contributed by atoms with van der Waals surface area (Å²) < 4.78 is 0. The van der Waals surface area contributed by atoms with Gasteiger partial charge in [-0.15, -0.1) is 11.3 Å². The van der Waals surface area contributed by atoms with Crippen LogP contribution in [-0.2, 0) is 16.0 Å². The van der Waals surface area contributed by atoms with Gasteiger partial charge in [-0.2, -0.15) is 0 Å². The van der Waals surface area contributed by atoms with Crippen molar-refractivity contribution < 1.29 is 19.8 Å². The van der Waals surface area contributed by atoms with Crippen LogP contribution in [0.4, 0.5) is 5.13 Å². The van der Waals surface area contributed by atoms with Crippen molar-refractivity contribution in [2.45, 2.75) is 92.1 Å². The molecule has 1 aromatic rings. The molecule has 35 heavy (non-hydrogen) atoms. The Morgan fingerprint density at radius 3 is 2.46 bits per heavy atom. The van der Waals surface area contributed by atoms with E-state index in [0.29, 0.717) is 30.3 Å². The summed E-state index contributed by atoms with van der Waals surface area (Å²) >= 11 is 1.48. The number of rotatable bonds is 4. The van der Waals surface area contributed by atoms with Crippen LogP contribution in [0.1, 0.15) is 90.1 Å². The third kappa shape index (κ3) is 4.78. The Balaban J connectivity index is 1.70. The van der Waals surface area contributed by atoms with Gasteiger partial charge in [-0.1, -0.05) is 41.5 Å². The molecule has 2 heterocycles. The fraction of sp³-hybridized carbons (Fsp3) is 0.815. The number of carbonyl (C=O) groups is 2. The molecule has 0 unspecified atom stereocenters. The SMILES string of the molecule is CC1CCN(C(=O)C[C@H]2c3nc(NC(=O)C(C)(C)C)sc3C[C@H]3[C@](C)(CO)[C@H](O)CC[C@]32C)CC1. The minimum absolute atomic E-state index is 0.0158. The van der Waals surface area contributed by atoms with E-state index in [2.05, 4.69) is 19.2 Å². The van der Waals surface area contributed by atoms with Crippen LogP contribution in [0.2, 0.25) is 0 Å². The number of amides is 2. The third-order valence-corrected chi connectivity index (χ3v) is 10.3. The van der Waals surface area contributed by atoms with Gasteiger partial charge in [-0.3, -0.25) is 9.59 Å². The normalized spacial score (nSPS) is 33.7. The van der Waals surface area contributed by atoms with Gasteiger partial charge in [0.2, 0.25) is 11.8 Å². The highest BCUT2D eigenvalue weighted by Gasteiger charge is 2.59. The number of likely N-dealkylation sites (tertiary alicyclic amines) is 1. The zero-order chi connectivity index (χ0) is 25.8. The molecule has 1 saturated heterocycles. The van der Waals surface area contributed by atoms with Crippen LogP contribution in [0.3, 0.4) is 0 Å². The molecule has 3 aliphatic rings. The summed E-state index contributed by atoms with van der Waals surface area (Å²) in [5.41, 5.74) is -0.534. The summed E-state index contributed by atoms with van der Waals surface area (Å²) in [4.78, 5) is 34.2. The molecule has 0 radical (unpaired) electrons. The first-order valence-electron chi connectivity index (χ1n) is 13.2. The Hall–Kier alpha value is -1.51. The maximum absolute atomic E-state index is 13.5. The largest absolute Gasteiger partial charge is 0.396 e. The van der Waals surface area contributed by atoms with E-state index in [4.69, 9.17) is 4.98 Å². The first-order valence-corrected chi connectivity index (χ1v) is 14.0. The predicted molar refractivity (Wildman–Crippen MR) is 138 cm³/mol. The average molecular weight is 506 g/mol. The molecule has 2 aliphatic carbocycles. The van der Waals surface area contributed by atoms with Gasteiger partial charge in [-0.05, 0) is 49.4 Å². The number of nitrogens with one attached hydrogen (secondary N) is 1. The second-order valence-electron chi connectivity index (χ2n) is 12.8. The number of hydrogen-bond acceptors (Lipinski definition) is 6. The zero-order valence-corrected chi connectivity index (χ0v) is 23.0. The van der Waals surface area contributed by atoms with E-state index in [1.807, 2.05) is 32.6 Å². The molecule has 2 fully saturated rings. The highest BCUT2D eigenvalue weighted by Crippen LogP contribution is 2.63. The van der Waals surface area contributed by atoms with Gasteiger partial charge in [0.25, 0.3) is 0 Å². The molecule has 1 aromatic heterocycles. The van der Waals surface area contributed by atoms with Crippen LogP contribution in [-0.4, -0.2) is 57.7 Å². The first-order chi connectivity index (χ1) is 16.3. The predicted octanol–water partition coefficient (Wildman–Crippen LogP) is 4.19. The Kier molecular flexibility index (Phi) is 7.14. The number of piperidine rings is 1. The maximum atomic E-state index is 13.5. The zero-order valence-electron chi connectivity index (χ0n) is 22.2. The van der Waals surface area contributed by atoms with Crippen LogP contribution in [0, 0.1) is 28.1 Å². The number of aliphatic hydroxyl groups is 2. The van der Waals surface area contributed by atoms with Crippen molar-refractivity contribution in [1.82, 2.24) is 9.88 Å². The molecule has 196 valence electrons. The molecule has 7 nitrogen and oxygen atoms in total. The second-order valence-corrected chi connectivity index (χ2v) is 13.9. The number of aliphatic hydroxyl groups excluding tert-OH is 2. The third-order valence-electron chi connectivity index (χ3n) is 9.31. The van der Waals surface area contributed by atoms with Crippen LogP contribution >= 0.6 is 11.3 Å². The van der Waals surface area contributed by atoms with Crippen LogP contribution in [0.15, 0.2) is 0 Å². The van der Waals surface area contributed by atoms with Crippen LogP contribution in [0.5, 0.6) is 0 Å². The first kappa shape index (κ1) is 26.6. The van der Waals surface area contributed by atoms with E-state index < -0.39 is 16.9 Å². The van der Waals surface area contributed by atoms with Crippen molar-refractivity contribution in [1.29, 1.82) is 0 Å². The lowest BCUT2D eigenvalue weighted by Gasteiger charge is -2.58.